The van der Waals surface area contributed by atoms with Crippen LogP contribution in [0, 0.1) is 23.7 Å². The monoisotopic (exact) mass is 476 g/mol. The van der Waals surface area contributed by atoms with Crippen molar-refractivity contribution < 1.29 is 43.2 Å². The molecule has 0 radical (unpaired) electrons. The first-order chi connectivity index (χ1) is 16.2. The fourth-order valence-corrected chi connectivity index (χ4v) is 4.76. The van der Waals surface area contributed by atoms with Crippen molar-refractivity contribution in [3.63, 3.8) is 0 Å². The lowest BCUT2D eigenvalue weighted by atomic mass is 9.86. The highest BCUT2D eigenvalue weighted by Gasteiger charge is 2.64. The summed E-state index contributed by atoms with van der Waals surface area (Å²) in [5.41, 5.74) is 1.79. The summed E-state index contributed by atoms with van der Waals surface area (Å²) in [6.45, 7) is 8.28. The molecule has 0 spiro atoms. The van der Waals surface area contributed by atoms with Gasteiger partial charge in [-0.15, -0.1) is 0 Å². The zero-order chi connectivity index (χ0) is 25.0. The first kappa shape index (κ1) is 25.7. The number of rotatable bonds is 9. The van der Waals surface area contributed by atoms with Gasteiger partial charge in [0.1, 0.15) is 17.8 Å². The van der Waals surface area contributed by atoms with Gasteiger partial charge in [0.15, 0.2) is 0 Å². The molecule has 9 nitrogen and oxygen atoms in total. The van der Waals surface area contributed by atoms with Gasteiger partial charge >= 0.3 is 17.9 Å². The first-order valence-electron chi connectivity index (χ1n) is 11.3. The number of aliphatic hydroxyl groups is 1. The minimum absolute atomic E-state index is 0.0962. The Bertz CT molecular complexity index is 909. The highest BCUT2D eigenvalue weighted by atomic mass is 16.6. The molecule has 2 aliphatic carbocycles. The average molecular weight is 477 g/mol. The molecule has 2 saturated carbocycles. The molecule has 1 unspecified atom stereocenters. The molecule has 7 atom stereocenters. The molecule has 1 aromatic rings. The number of benzene rings is 1. The summed E-state index contributed by atoms with van der Waals surface area (Å²) in [6, 6.07) is 7.57. The van der Waals surface area contributed by atoms with Crippen LogP contribution in [0.2, 0.25) is 0 Å². The van der Waals surface area contributed by atoms with Crippen LogP contribution >= 0.6 is 0 Å². The SMILES string of the molecule is C=C1C[C@H](OCc2ccc(OC)cc2)[C@@H](C)[C@@H]1C(O)[C@H]1[C@@H](OC(=O)C(=O)OC)[C@@H]1C(=O)OCC. The third-order valence-corrected chi connectivity index (χ3v) is 6.63. The van der Waals surface area contributed by atoms with Gasteiger partial charge in [0.25, 0.3) is 0 Å². The van der Waals surface area contributed by atoms with Crippen LogP contribution in [0.4, 0.5) is 0 Å². The predicted octanol–water partition coefficient (Wildman–Crippen LogP) is 2.05. The summed E-state index contributed by atoms with van der Waals surface area (Å²) in [5.74, 6) is -4.25. The van der Waals surface area contributed by atoms with Crippen molar-refractivity contribution in [1.82, 2.24) is 0 Å². The minimum Gasteiger partial charge on any atom is -0.497 e. The summed E-state index contributed by atoms with van der Waals surface area (Å²) < 4.78 is 25.9. The Labute approximate surface area is 199 Å². The van der Waals surface area contributed by atoms with Gasteiger partial charge in [-0.2, -0.15) is 0 Å². The first-order valence-corrected chi connectivity index (χ1v) is 11.3. The largest absolute Gasteiger partial charge is 0.497 e. The molecule has 9 heteroatoms. The van der Waals surface area contributed by atoms with E-state index in [-0.39, 0.29) is 24.5 Å². The van der Waals surface area contributed by atoms with Gasteiger partial charge in [-0.25, -0.2) is 9.59 Å². The van der Waals surface area contributed by atoms with E-state index < -0.39 is 42.0 Å². The van der Waals surface area contributed by atoms with E-state index in [1.165, 1.54) is 0 Å². The van der Waals surface area contributed by atoms with Crippen LogP contribution in [-0.4, -0.2) is 62.2 Å². The Morgan fingerprint density at radius 1 is 1.15 bits per heavy atom. The number of hydrogen-bond donors (Lipinski definition) is 1. The van der Waals surface area contributed by atoms with E-state index in [2.05, 4.69) is 11.3 Å². The lowest BCUT2D eigenvalue weighted by molar-refractivity contribution is -0.168. The Kier molecular flexibility index (Phi) is 8.33. The van der Waals surface area contributed by atoms with E-state index in [1.807, 2.05) is 31.2 Å². The molecule has 186 valence electrons. The van der Waals surface area contributed by atoms with Crippen LogP contribution in [0.3, 0.4) is 0 Å². The zero-order valence-corrected chi connectivity index (χ0v) is 19.9. The standard InChI is InChI=1S/C25H32O9/c1-6-32-23(27)20-19(22(20)34-25(29)24(28)31-5)21(26)18-13(2)11-17(14(18)3)33-12-15-7-9-16(30-4)10-8-15/h7-10,14,17-22,26H,2,6,11-12H2,1,3-5H3/t14-,17+,18-,19+,20-,21?,22-/m1/s1. The number of aliphatic hydroxyl groups excluding tert-OH is 1. The van der Waals surface area contributed by atoms with Crippen molar-refractivity contribution in [3.05, 3.63) is 42.0 Å². The summed E-state index contributed by atoms with van der Waals surface area (Å²) in [4.78, 5) is 35.8. The van der Waals surface area contributed by atoms with Gasteiger partial charge in [0.2, 0.25) is 0 Å². The van der Waals surface area contributed by atoms with Crippen LogP contribution in [0.5, 0.6) is 5.75 Å². The summed E-state index contributed by atoms with van der Waals surface area (Å²) in [7, 11) is 2.66. The molecular weight excluding hydrogens is 444 g/mol. The lowest BCUT2D eigenvalue weighted by Crippen LogP contribution is -2.31. The molecule has 0 bridgehead atoms. The maximum atomic E-state index is 12.4. The Morgan fingerprint density at radius 2 is 1.82 bits per heavy atom. The molecule has 2 aliphatic rings. The van der Waals surface area contributed by atoms with Crippen molar-refractivity contribution in [2.75, 3.05) is 20.8 Å². The average Bonchev–Trinajstić information content (AvgIpc) is 3.47. The number of carbonyl (C=O) groups excluding carboxylic acids is 3. The Hall–Kier alpha value is -2.91. The highest BCUT2D eigenvalue weighted by Crippen LogP contribution is 2.52. The third-order valence-electron chi connectivity index (χ3n) is 6.63. The van der Waals surface area contributed by atoms with Crippen LogP contribution in [-0.2, 0) is 39.9 Å². The lowest BCUT2D eigenvalue weighted by Gasteiger charge is -2.26. The maximum Gasteiger partial charge on any atom is 0.417 e. The summed E-state index contributed by atoms with van der Waals surface area (Å²) in [6.07, 6.45) is -1.62. The van der Waals surface area contributed by atoms with Crippen molar-refractivity contribution in [3.8, 4) is 5.75 Å². The Balaban J connectivity index is 1.66. The summed E-state index contributed by atoms with van der Waals surface area (Å²) in [5, 5.41) is 11.2. The second-order valence-electron chi connectivity index (χ2n) is 8.65. The van der Waals surface area contributed by atoms with E-state index in [4.69, 9.17) is 18.9 Å². The van der Waals surface area contributed by atoms with Crippen molar-refractivity contribution in [2.24, 2.45) is 23.7 Å². The van der Waals surface area contributed by atoms with E-state index in [0.29, 0.717) is 13.0 Å². The van der Waals surface area contributed by atoms with E-state index in [9.17, 15) is 19.5 Å². The summed E-state index contributed by atoms with van der Waals surface area (Å²) >= 11 is 0. The second kappa shape index (κ2) is 11.0. The molecule has 1 aromatic carbocycles. The van der Waals surface area contributed by atoms with Crippen LogP contribution < -0.4 is 4.74 Å². The number of methoxy groups -OCH3 is 2. The normalized spacial score (nSPS) is 28.7. The van der Waals surface area contributed by atoms with Gasteiger partial charge in [-0.3, -0.25) is 4.79 Å². The molecule has 0 saturated heterocycles. The molecule has 1 N–H and O–H groups in total. The quantitative estimate of drug-likeness (QED) is 0.247. The number of carbonyl (C=O) groups is 3. The predicted molar refractivity (Wildman–Crippen MR) is 119 cm³/mol. The van der Waals surface area contributed by atoms with Crippen molar-refractivity contribution in [2.45, 2.75) is 45.2 Å². The third kappa shape index (κ3) is 5.42. The highest BCUT2D eigenvalue weighted by molar-refractivity contribution is 6.29. The molecular formula is C25H32O9. The molecule has 0 aliphatic heterocycles. The van der Waals surface area contributed by atoms with Crippen LogP contribution in [0.1, 0.15) is 25.8 Å². The molecule has 0 heterocycles. The second-order valence-corrected chi connectivity index (χ2v) is 8.65. The zero-order valence-electron chi connectivity index (χ0n) is 19.9. The maximum absolute atomic E-state index is 12.4. The fourth-order valence-electron chi connectivity index (χ4n) is 4.76. The topological polar surface area (TPSA) is 118 Å². The molecule has 34 heavy (non-hydrogen) atoms. The van der Waals surface area contributed by atoms with E-state index in [0.717, 1.165) is 24.0 Å². The minimum atomic E-state index is -1.21. The van der Waals surface area contributed by atoms with Gasteiger partial charge in [0, 0.05) is 11.8 Å². The van der Waals surface area contributed by atoms with Crippen molar-refractivity contribution in [1.29, 1.82) is 0 Å². The van der Waals surface area contributed by atoms with Gasteiger partial charge in [-0.05, 0) is 37.0 Å². The smallest absolute Gasteiger partial charge is 0.417 e. The molecule has 3 rings (SSSR count). The fraction of sp³-hybridized carbons (Fsp3) is 0.560. The number of ether oxygens (including phenoxy) is 5. The number of esters is 3. The van der Waals surface area contributed by atoms with Crippen LogP contribution in [0.25, 0.3) is 0 Å². The molecule has 0 aromatic heterocycles. The van der Waals surface area contributed by atoms with Crippen molar-refractivity contribution >= 4 is 17.9 Å². The molecule has 2 fully saturated rings. The Morgan fingerprint density at radius 3 is 2.41 bits per heavy atom. The van der Waals surface area contributed by atoms with E-state index >= 15 is 0 Å². The molecule has 0 amide bonds. The van der Waals surface area contributed by atoms with Gasteiger partial charge < -0.3 is 28.8 Å². The number of hydrogen-bond acceptors (Lipinski definition) is 9. The van der Waals surface area contributed by atoms with Gasteiger partial charge in [-0.1, -0.05) is 31.2 Å². The van der Waals surface area contributed by atoms with Gasteiger partial charge in [0.05, 0.1) is 39.6 Å². The van der Waals surface area contributed by atoms with E-state index in [1.54, 1.807) is 14.0 Å². The van der Waals surface area contributed by atoms with Crippen LogP contribution in [0.15, 0.2) is 36.4 Å².